The van der Waals surface area contributed by atoms with E-state index in [9.17, 15) is 23.9 Å². The Bertz CT molecular complexity index is 1480. The Morgan fingerprint density at radius 2 is 2.09 bits per heavy atom. The van der Waals surface area contributed by atoms with Crippen molar-refractivity contribution < 1.29 is 19.0 Å². The fraction of sp³-hybridized carbons (Fsp3) is 0.375. The number of halogens is 1. The number of cyclic esters (lactones) is 1. The summed E-state index contributed by atoms with van der Waals surface area (Å²) in [7, 11) is 0. The van der Waals surface area contributed by atoms with Crippen LogP contribution >= 0.6 is 0 Å². The van der Waals surface area contributed by atoms with Crippen LogP contribution in [0.25, 0.3) is 22.2 Å². The van der Waals surface area contributed by atoms with Crippen molar-refractivity contribution in [2.45, 2.75) is 44.6 Å². The molecule has 170 valence electrons. The Balaban J connectivity index is 1.71. The predicted molar refractivity (Wildman–Crippen MR) is 117 cm³/mol. The third-order valence-corrected chi connectivity index (χ3v) is 7.28. The summed E-state index contributed by atoms with van der Waals surface area (Å²) in [5.41, 5.74) is -0.367. The largest absolute Gasteiger partial charge is 0.458 e. The van der Waals surface area contributed by atoms with E-state index < -0.39 is 22.9 Å². The van der Waals surface area contributed by atoms with Gasteiger partial charge >= 0.3 is 5.97 Å². The minimum Gasteiger partial charge on any atom is -0.458 e. The molecule has 0 radical (unpaired) electrons. The first-order chi connectivity index (χ1) is 15.8. The predicted octanol–water partition coefficient (Wildman–Crippen LogP) is 1.52. The lowest BCUT2D eigenvalue weighted by Crippen LogP contribution is -2.44. The number of nitrogens with zero attached hydrogens (tertiary/aromatic N) is 2. The van der Waals surface area contributed by atoms with Gasteiger partial charge in [0.25, 0.3) is 5.56 Å². The third-order valence-electron chi connectivity index (χ3n) is 7.28. The van der Waals surface area contributed by atoms with Crippen molar-refractivity contribution in [1.82, 2.24) is 14.5 Å². The first-order valence-electron chi connectivity index (χ1n) is 11.1. The Morgan fingerprint density at radius 1 is 1.27 bits per heavy atom. The lowest BCUT2D eigenvalue weighted by molar-refractivity contribution is -0.172. The molecule has 3 aromatic rings. The van der Waals surface area contributed by atoms with E-state index in [2.05, 4.69) is 5.32 Å². The van der Waals surface area contributed by atoms with Gasteiger partial charge in [-0.15, -0.1) is 0 Å². The Labute approximate surface area is 187 Å². The molecule has 0 bridgehead atoms. The van der Waals surface area contributed by atoms with E-state index in [1.165, 1.54) is 16.7 Å². The maximum Gasteiger partial charge on any atom is 0.343 e. The summed E-state index contributed by atoms with van der Waals surface area (Å²) in [5, 5.41) is 14.6. The molecule has 1 saturated heterocycles. The van der Waals surface area contributed by atoms with Gasteiger partial charge in [-0.25, -0.2) is 9.18 Å². The van der Waals surface area contributed by atoms with Gasteiger partial charge in [-0.2, -0.15) is 0 Å². The van der Waals surface area contributed by atoms with Crippen LogP contribution in [0.15, 0.2) is 33.9 Å². The molecule has 2 atom stereocenters. The molecule has 3 aliphatic heterocycles. The van der Waals surface area contributed by atoms with Crippen LogP contribution in [0.1, 0.15) is 42.6 Å². The van der Waals surface area contributed by atoms with E-state index in [0.717, 1.165) is 13.0 Å². The van der Waals surface area contributed by atoms with Crippen LogP contribution in [0.5, 0.6) is 0 Å². The van der Waals surface area contributed by atoms with E-state index in [1.807, 2.05) is 4.57 Å². The van der Waals surface area contributed by atoms with Gasteiger partial charge in [0.1, 0.15) is 12.4 Å². The van der Waals surface area contributed by atoms with Crippen molar-refractivity contribution >= 4 is 16.9 Å². The first-order valence-corrected chi connectivity index (χ1v) is 11.1. The lowest BCUT2D eigenvalue weighted by Gasteiger charge is -2.31. The number of fused-ring (bicyclic) bond motifs is 5. The second-order valence-corrected chi connectivity index (χ2v) is 8.93. The van der Waals surface area contributed by atoms with Crippen molar-refractivity contribution in [3.05, 3.63) is 67.5 Å². The highest BCUT2D eigenvalue weighted by atomic mass is 19.1. The molecule has 5 heterocycles. The fourth-order valence-electron chi connectivity index (χ4n) is 5.54. The number of hydrogen-bond donors (Lipinski definition) is 2. The standard InChI is InChI=1S/C24H22FN3O5/c1-2-24(32)16-8-18-20-19(10-27(18)22(30)15(16)11-33-23(24)31)28(13-5-6-26-9-13)17-4-3-12(25)7-14(17)21(20)29/h3-4,7-8,13,26,32H,2,5-6,9-11H2,1H3/t13-,24+/m1/s1. The number of ether oxygens (including phenoxy) is 1. The van der Waals surface area contributed by atoms with Gasteiger partial charge < -0.3 is 24.3 Å². The van der Waals surface area contributed by atoms with E-state index in [1.54, 1.807) is 19.1 Å². The average molecular weight is 451 g/mol. The Kier molecular flexibility index (Phi) is 4.22. The highest BCUT2D eigenvalue weighted by molar-refractivity contribution is 5.88. The minimum absolute atomic E-state index is 0.0233. The number of benzene rings is 1. The van der Waals surface area contributed by atoms with Crippen molar-refractivity contribution in [3.8, 4) is 11.3 Å². The molecule has 3 aliphatic rings. The van der Waals surface area contributed by atoms with Gasteiger partial charge in [-0.05, 0) is 43.7 Å². The molecule has 0 aliphatic carbocycles. The van der Waals surface area contributed by atoms with Gasteiger partial charge in [-0.1, -0.05) is 6.92 Å². The number of nitrogens with one attached hydrogen (secondary N) is 1. The molecule has 1 fully saturated rings. The highest BCUT2D eigenvalue weighted by Crippen LogP contribution is 2.39. The summed E-state index contributed by atoms with van der Waals surface area (Å²) >= 11 is 0. The zero-order chi connectivity index (χ0) is 23.1. The fourth-order valence-corrected chi connectivity index (χ4v) is 5.54. The molecule has 0 spiro atoms. The third kappa shape index (κ3) is 2.60. The SMILES string of the molecule is CC[C@@]1(O)C(=O)OCc2c1cc1n(c2=O)Cc2c-1c(=O)c1cc(F)ccc1n2[C@@H]1CCNC1. The minimum atomic E-state index is -1.96. The highest BCUT2D eigenvalue weighted by Gasteiger charge is 2.45. The number of esters is 1. The molecule has 2 aromatic heterocycles. The topological polar surface area (TPSA) is 103 Å². The maximum atomic E-state index is 14.2. The molecule has 8 nitrogen and oxygen atoms in total. The van der Waals surface area contributed by atoms with Gasteiger partial charge in [0.2, 0.25) is 0 Å². The molecular weight excluding hydrogens is 429 g/mol. The zero-order valence-electron chi connectivity index (χ0n) is 18.0. The number of carbonyl (C=O) groups excluding carboxylic acids is 1. The number of pyridine rings is 2. The number of carbonyl (C=O) groups is 1. The lowest BCUT2D eigenvalue weighted by atomic mass is 9.85. The molecule has 0 saturated carbocycles. The molecule has 33 heavy (non-hydrogen) atoms. The summed E-state index contributed by atoms with van der Waals surface area (Å²) in [6, 6.07) is 5.80. The van der Waals surface area contributed by atoms with Crippen molar-refractivity contribution in [2.75, 3.05) is 13.1 Å². The van der Waals surface area contributed by atoms with Crippen LogP contribution < -0.4 is 16.3 Å². The number of rotatable bonds is 2. The van der Waals surface area contributed by atoms with Gasteiger partial charge in [0.05, 0.1) is 34.6 Å². The zero-order valence-corrected chi connectivity index (χ0v) is 18.0. The summed E-state index contributed by atoms with van der Waals surface area (Å²) in [5.74, 6) is -1.32. The normalized spacial score (nSPS) is 23.4. The molecule has 2 N–H and O–H groups in total. The summed E-state index contributed by atoms with van der Waals surface area (Å²) in [6.45, 7) is 3.09. The first kappa shape index (κ1) is 20.3. The van der Waals surface area contributed by atoms with E-state index in [0.29, 0.717) is 29.0 Å². The van der Waals surface area contributed by atoms with E-state index in [4.69, 9.17) is 4.74 Å². The van der Waals surface area contributed by atoms with Gasteiger partial charge in [-0.3, -0.25) is 9.59 Å². The van der Waals surface area contributed by atoms with E-state index in [-0.39, 0.29) is 47.6 Å². The smallest absolute Gasteiger partial charge is 0.343 e. The van der Waals surface area contributed by atoms with Gasteiger partial charge in [0.15, 0.2) is 11.0 Å². The summed E-state index contributed by atoms with van der Waals surface area (Å²) in [4.78, 5) is 39.4. The van der Waals surface area contributed by atoms with Crippen molar-refractivity contribution in [2.24, 2.45) is 0 Å². The van der Waals surface area contributed by atoms with Crippen LogP contribution in [0.3, 0.4) is 0 Å². The quantitative estimate of drug-likeness (QED) is 0.448. The van der Waals surface area contributed by atoms with E-state index >= 15 is 0 Å². The molecular formula is C24H22FN3O5. The molecule has 6 rings (SSSR count). The van der Waals surface area contributed by atoms with Crippen LogP contribution in [0.4, 0.5) is 4.39 Å². The molecule has 0 unspecified atom stereocenters. The van der Waals surface area contributed by atoms with Crippen LogP contribution in [0, 0.1) is 5.82 Å². The maximum absolute atomic E-state index is 14.2. The number of aliphatic hydroxyl groups is 1. The second kappa shape index (κ2) is 6.85. The molecule has 1 aromatic carbocycles. The summed E-state index contributed by atoms with van der Waals surface area (Å²) < 4.78 is 22.8. The molecule has 0 amide bonds. The van der Waals surface area contributed by atoms with Crippen molar-refractivity contribution in [3.63, 3.8) is 0 Å². The van der Waals surface area contributed by atoms with Crippen LogP contribution in [0.2, 0.25) is 0 Å². The van der Waals surface area contributed by atoms with Crippen LogP contribution in [-0.4, -0.2) is 33.3 Å². The van der Waals surface area contributed by atoms with Crippen molar-refractivity contribution in [1.29, 1.82) is 0 Å². The van der Waals surface area contributed by atoms with Gasteiger partial charge in [0, 0.05) is 23.5 Å². The average Bonchev–Trinajstić information content (AvgIpc) is 3.46. The monoisotopic (exact) mass is 451 g/mol. The van der Waals surface area contributed by atoms with Crippen LogP contribution in [-0.2, 0) is 28.3 Å². The number of hydrogen-bond acceptors (Lipinski definition) is 6. The molecule has 9 heteroatoms. The second-order valence-electron chi connectivity index (χ2n) is 8.93. The Morgan fingerprint density at radius 3 is 2.82 bits per heavy atom. The summed E-state index contributed by atoms with van der Waals surface area (Å²) in [6.07, 6.45) is 0.858. The Hall–Kier alpha value is -3.30. The number of aromatic nitrogens is 2.